The van der Waals surface area contributed by atoms with E-state index in [1.807, 2.05) is 6.07 Å². The highest BCUT2D eigenvalue weighted by Crippen LogP contribution is 2.63. The first-order valence-corrected chi connectivity index (χ1v) is 9.04. The smallest absolute Gasteiger partial charge is 0.328 e. The first kappa shape index (κ1) is 17.3. The van der Waals surface area contributed by atoms with Gasteiger partial charge in [0.05, 0.1) is 19.8 Å². The van der Waals surface area contributed by atoms with Gasteiger partial charge in [0.15, 0.2) is 15.3 Å². The van der Waals surface area contributed by atoms with Crippen LogP contribution in [-0.2, 0) is 19.4 Å². The Morgan fingerprint density at radius 2 is 1.91 bits per heavy atom. The summed E-state index contributed by atoms with van der Waals surface area (Å²) in [5.41, 5.74) is -1.05. The fraction of sp³-hybridized carbons (Fsp3) is 0.500. The summed E-state index contributed by atoms with van der Waals surface area (Å²) < 4.78 is 34.8. The molecule has 1 aromatic carbocycles. The standard InChI is InChI=1S/C16H19NO5S/c1-4-22-15(18)16(10-17)13(14(16)23(19,20)5-2)11-6-8-12(21-3)9-7-11/h6-9,13-14H,4-5H2,1-3H3/t13-,14+,16+/m1/s1. The minimum atomic E-state index is -3.58. The van der Waals surface area contributed by atoms with Crippen LogP contribution in [-0.4, -0.2) is 39.1 Å². The van der Waals surface area contributed by atoms with Gasteiger partial charge in [0.1, 0.15) is 11.0 Å². The number of nitriles is 1. The average molecular weight is 337 g/mol. The van der Waals surface area contributed by atoms with Gasteiger partial charge in [-0.05, 0) is 24.6 Å². The molecular formula is C16H19NO5S. The zero-order chi connectivity index (χ0) is 17.3. The predicted octanol–water partition coefficient (Wildman–Crippen LogP) is 1.67. The van der Waals surface area contributed by atoms with E-state index in [0.29, 0.717) is 11.3 Å². The van der Waals surface area contributed by atoms with Crippen LogP contribution in [0.1, 0.15) is 25.3 Å². The lowest BCUT2D eigenvalue weighted by Crippen LogP contribution is -2.26. The monoisotopic (exact) mass is 337 g/mol. The van der Waals surface area contributed by atoms with E-state index in [4.69, 9.17) is 9.47 Å². The molecule has 0 unspecified atom stereocenters. The van der Waals surface area contributed by atoms with Crippen molar-refractivity contribution in [1.82, 2.24) is 0 Å². The fourth-order valence-electron chi connectivity index (χ4n) is 2.95. The predicted molar refractivity (Wildman–Crippen MR) is 83.7 cm³/mol. The molecular weight excluding hydrogens is 318 g/mol. The molecule has 0 aromatic heterocycles. The maximum atomic E-state index is 12.4. The summed E-state index contributed by atoms with van der Waals surface area (Å²) in [4.78, 5) is 12.3. The molecule has 0 amide bonds. The first-order valence-electron chi connectivity index (χ1n) is 7.33. The molecule has 7 heteroatoms. The second-order valence-corrected chi connectivity index (χ2v) is 7.74. The van der Waals surface area contributed by atoms with Gasteiger partial charge in [-0.25, -0.2) is 8.42 Å². The van der Waals surface area contributed by atoms with Crippen molar-refractivity contribution in [2.45, 2.75) is 25.0 Å². The third kappa shape index (κ3) is 2.68. The minimum absolute atomic E-state index is 0.0937. The highest BCUT2D eigenvalue weighted by Gasteiger charge is 2.77. The Morgan fingerprint density at radius 3 is 2.35 bits per heavy atom. The van der Waals surface area contributed by atoms with Gasteiger partial charge in [0, 0.05) is 11.7 Å². The van der Waals surface area contributed by atoms with E-state index >= 15 is 0 Å². The fourth-order valence-corrected chi connectivity index (χ4v) is 4.88. The van der Waals surface area contributed by atoms with Gasteiger partial charge >= 0.3 is 5.97 Å². The Labute approximate surface area is 135 Å². The lowest BCUT2D eigenvalue weighted by atomic mass is 10.0. The average Bonchev–Trinajstić information content (AvgIpc) is 3.26. The summed E-state index contributed by atoms with van der Waals surface area (Å²) in [6.07, 6.45) is 0. The van der Waals surface area contributed by atoms with Crippen LogP contribution in [0.4, 0.5) is 0 Å². The number of esters is 1. The summed E-state index contributed by atoms with van der Waals surface area (Å²) in [6.45, 7) is 3.22. The van der Waals surface area contributed by atoms with Crippen molar-refractivity contribution in [3.05, 3.63) is 29.8 Å². The maximum absolute atomic E-state index is 12.4. The largest absolute Gasteiger partial charge is 0.497 e. The number of hydrogen-bond donors (Lipinski definition) is 0. The first-order chi connectivity index (χ1) is 10.9. The third-order valence-electron chi connectivity index (χ3n) is 4.20. The van der Waals surface area contributed by atoms with Crippen LogP contribution in [0.5, 0.6) is 5.75 Å². The molecule has 0 aliphatic heterocycles. The van der Waals surface area contributed by atoms with Crippen LogP contribution in [0.2, 0.25) is 0 Å². The lowest BCUT2D eigenvalue weighted by Gasteiger charge is -2.08. The number of benzene rings is 1. The van der Waals surface area contributed by atoms with E-state index in [-0.39, 0.29) is 12.4 Å². The van der Waals surface area contributed by atoms with Crippen molar-refractivity contribution in [2.24, 2.45) is 5.41 Å². The van der Waals surface area contributed by atoms with Crippen LogP contribution >= 0.6 is 0 Å². The lowest BCUT2D eigenvalue weighted by molar-refractivity contribution is -0.147. The molecule has 2 rings (SSSR count). The molecule has 1 saturated carbocycles. The zero-order valence-electron chi connectivity index (χ0n) is 13.3. The van der Waals surface area contributed by atoms with E-state index in [9.17, 15) is 18.5 Å². The molecule has 0 spiro atoms. The molecule has 3 atom stereocenters. The van der Waals surface area contributed by atoms with E-state index in [0.717, 1.165) is 0 Å². The molecule has 1 aliphatic rings. The molecule has 124 valence electrons. The summed E-state index contributed by atoms with van der Waals surface area (Å²) in [7, 11) is -2.05. The van der Waals surface area contributed by atoms with Gasteiger partial charge < -0.3 is 9.47 Å². The Balaban J connectivity index is 2.50. The topological polar surface area (TPSA) is 93.5 Å². The van der Waals surface area contributed by atoms with Gasteiger partial charge in [-0.15, -0.1) is 0 Å². The quantitative estimate of drug-likeness (QED) is 0.733. The molecule has 0 bridgehead atoms. The molecule has 0 radical (unpaired) electrons. The highest BCUT2D eigenvalue weighted by atomic mass is 32.2. The van der Waals surface area contributed by atoms with Crippen LogP contribution in [0, 0.1) is 16.7 Å². The highest BCUT2D eigenvalue weighted by molar-refractivity contribution is 7.92. The van der Waals surface area contributed by atoms with Crippen molar-refractivity contribution in [3.63, 3.8) is 0 Å². The minimum Gasteiger partial charge on any atom is -0.497 e. The molecule has 1 aliphatic carbocycles. The van der Waals surface area contributed by atoms with E-state index in [1.165, 1.54) is 14.0 Å². The maximum Gasteiger partial charge on any atom is 0.328 e. The number of hydrogen-bond acceptors (Lipinski definition) is 6. The molecule has 0 heterocycles. The molecule has 0 saturated heterocycles. The summed E-state index contributed by atoms with van der Waals surface area (Å²) in [5, 5.41) is 8.50. The second-order valence-electron chi connectivity index (χ2n) is 5.32. The number of carbonyl (C=O) groups is 1. The van der Waals surface area contributed by atoms with Crippen molar-refractivity contribution in [1.29, 1.82) is 5.26 Å². The van der Waals surface area contributed by atoms with E-state index < -0.39 is 32.4 Å². The number of nitrogens with zero attached hydrogens (tertiary/aromatic N) is 1. The number of ether oxygens (including phenoxy) is 2. The van der Waals surface area contributed by atoms with Gasteiger partial charge in [0.25, 0.3) is 0 Å². The van der Waals surface area contributed by atoms with Crippen molar-refractivity contribution in [2.75, 3.05) is 19.5 Å². The number of methoxy groups -OCH3 is 1. The van der Waals surface area contributed by atoms with Gasteiger partial charge in [-0.3, -0.25) is 4.79 Å². The Hall–Kier alpha value is -2.07. The Morgan fingerprint density at radius 1 is 1.30 bits per heavy atom. The summed E-state index contributed by atoms with van der Waals surface area (Å²) >= 11 is 0. The van der Waals surface area contributed by atoms with Crippen molar-refractivity contribution < 1.29 is 22.7 Å². The Kier molecular flexibility index (Phi) is 4.66. The summed E-state index contributed by atoms with van der Waals surface area (Å²) in [6, 6.07) is 8.64. The van der Waals surface area contributed by atoms with Crippen LogP contribution in [0.3, 0.4) is 0 Å². The summed E-state index contributed by atoms with van der Waals surface area (Å²) in [5.74, 6) is -1.01. The number of carbonyl (C=O) groups excluding carboxylic acids is 1. The van der Waals surface area contributed by atoms with Crippen molar-refractivity contribution in [3.8, 4) is 11.8 Å². The number of rotatable bonds is 6. The molecule has 0 N–H and O–H groups in total. The second kappa shape index (κ2) is 6.20. The Bertz CT molecular complexity index is 735. The molecule has 1 aromatic rings. The van der Waals surface area contributed by atoms with E-state index in [2.05, 4.69) is 0 Å². The van der Waals surface area contributed by atoms with Crippen LogP contribution in [0.25, 0.3) is 0 Å². The SMILES string of the molecule is CCOC(=O)[C@@]1(C#N)[C@H](c2ccc(OC)cc2)[C@@H]1S(=O)(=O)CC. The van der Waals surface area contributed by atoms with Crippen LogP contribution < -0.4 is 4.74 Å². The van der Waals surface area contributed by atoms with Crippen LogP contribution in [0.15, 0.2) is 24.3 Å². The van der Waals surface area contributed by atoms with Gasteiger partial charge in [0.2, 0.25) is 0 Å². The van der Waals surface area contributed by atoms with Crippen molar-refractivity contribution >= 4 is 15.8 Å². The normalized spacial score (nSPS) is 26.2. The molecule has 1 fully saturated rings. The van der Waals surface area contributed by atoms with Gasteiger partial charge in [-0.2, -0.15) is 5.26 Å². The number of sulfone groups is 1. The molecule has 6 nitrogen and oxygen atoms in total. The third-order valence-corrected chi connectivity index (χ3v) is 6.42. The molecule has 23 heavy (non-hydrogen) atoms. The van der Waals surface area contributed by atoms with E-state index in [1.54, 1.807) is 31.2 Å². The zero-order valence-corrected chi connectivity index (χ0v) is 14.1. The van der Waals surface area contributed by atoms with Gasteiger partial charge in [-0.1, -0.05) is 19.1 Å².